The number of piperidine rings is 1. The highest BCUT2D eigenvalue weighted by molar-refractivity contribution is 5.79. The number of benzene rings is 2. The number of carbonyl (C=O) groups is 3. The highest BCUT2D eigenvalue weighted by atomic mass is 16.5. The van der Waals surface area contributed by atoms with E-state index in [1.165, 1.54) is 4.90 Å². The van der Waals surface area contributed by atoms with Crippen LogP contribution in [0.15, 0.2) is 48.5 Å². The van der Waals surface area contributed by atoms with Gasteiger partial charge in [0.15, 0.2) is 0 Å². The molecule has 3 unspecified atom stereocenters. The zero-order valence-corrected chi connectivity index (χ0v) is 19.1. The van der Waals surface area contributed by atoms with Crippen molar-refractivity contribution in [3.05, 3.63) is 59.7 Å². The molecule has 0 spiro atoms. The van der Waals surface area contributed by atoms with E-state index in [2.05, 4.69) is 29.6 Å². The Labute approximate surface area is 198 Å². The summed E-state index contributed by atoms with van der Waals surface area (Å²) in [5.74, 6) is -2.20. The zero-order valence-electron chi connectivity index (χ0n) is 19.1. The number of aliphatic hydroxyl groups is 1. The first-order valence-corrected chi connectivity index (χ1v) is 11.6. The fourth-order valence-electron chi connectivity index (χ4n) is 4.86. The quantitative estimate of drug-likeness (QED) is 0.578. The van der Waals surface area contributed by atoms with Gasteiger partial charge < -0.3 is 25.2 Å². The number of carbonyl (C=O) groups excluding carboxylic acids is 2. The number of hydrogen-bond acceptors (Lipinski definition) is 5. The minimum atomic E-state index is -1.01. The van der Waals surface area contributed by atoms with Gasteiger partial charge in [-0.3, -0.25) is 9.59 Å². The molecule has 0 saturated carbocycles. The molecule has 1 fully saturated rings. The monoisotopic (exact) mass is 466 g/mol. The number of ether oxygens (including phenoxy) is 1. The summed E-state index contributed by atoms with van der Waals surface area (Å²) in [4.78, 5) is 37.6. The summed E-state index contributed by atoms with van der Waals surface area (Å²) < 4.78 is 5.52. The van der Waals surface area contributed by atoms with Crippen molar-refractivity contribution in [2.75, 3.05) is 26.2 Å². The SMILES string of the molecule is CC(CNC(=O)OCC1c2ccccc2-c2ccccc21)CC(=O)N1CC(O)CC(C(=O)O)C1. The van der Waals surface area contributed by atoms with Crippen molar-refractivity contribution < 1.29 is 29.3 Å². The predicted molar refractivity (Wildman–Crippen MR) is 125 cm³/mol. The first-order valence-electron chi connectivity index (χ1n) is 11.6. The number of nitrogens with zero attached hydrogens (tertiary/aromatic N) is 1. The maximum atomic E-state index is 12.6. The molecule has 8 nitrogen and oxygen atoms in total. The molecular formula is C26H30N2O6. The lowest BCUT2D eigenvalue weighted by molar-refractivity contribution is -0.149. The molecule has 2 aliphatic rings. The van der Waals surface area contributed by atoms with E-state index >= 15 is 0 Å². The molecule has 180 valence electrons. The van der Waals surface area contributed by atoms with Crippen LogP contribution in [-0.4, -0.2) is 65.4 Å². The van der Waals surface area contributed by atoms with Gasteiger partial charge in [-0.15, -0.1) is 0 Å². The van der Waals surface area contributed by atoms with Crippen LogP contribution < -0.4 is 5.32 Å². The van der Waals surface area contributed by atoms with E-state index < -0.39 is 24.1 Å². The molecule has 1 aliphatic carbocycles. The Morgan fingerprint density at radius 3 is 2.29 bits per heavy atom. The van der Waals surface area contributed by atoms with E-state index in [1.54, 1.807) is 0 Å². The summed E-state index contributed by atoms with van der Waals surface area (Å²) in [5.41, 5.74) is 4.59. The number of likely N-dealkylation sites (tertiary alicyclic amines) is 1. The molecule has 0 aromatic heterocycles. The van der Waals surface area contributed by atoms with Crippen LogP contribution in [0, 0.1) is 11.8 Å². The molecule has 1 heterocycles. The van der Waals surface area contributed by atoms with Crippen LogP contribution in [0.4, 0.5) is 4.79 Å². The molecule has 0 radical (unpaired) electrons. The Hall–Kier alpha value is -3.39. The fourth-order valence-corrected chi connectivity index (χ4v) is 4.86. The first-order chi connectivity index (χ1) is 16.3. The van der Waals surface area contributed by atoms with Crippen LogP contribution in [0.25, 0.3) is 11.1 Å². The van der Waals surface area contributed by atoms with E-state index in [1.807, 2.05) is 31.2 Å². The third-order valence-electron chi connectivity index (χ3n) is 6.59. The van der Waals surface area contributed by atoms with Crippen molar-refractivity contribution in [3.63, 3.8) is 0 Å². The smallest absolute Gasteiger partial charge is 0.407 e. The lowest BCUT2D eigenvalue weighted by Crippen LogP contribution is -2.48. The summed E-state index contributed by atoms with van der Waals surface area (Å²) in [6.07, 6.45) is -1.09. The molecule has 4 rings (SSSR count). The van der Waals surface area contributed by atoms with Gasteiger partial charge in [0.1, 0.15) is 6.61 Å². The second-order valence-electron chi connectivity index (χ2n) is 9.24. The largest absolute Gasteiger partial charge is 0.481 e. The molecular weight excluding hydrogens is 436 g/mol. The third-order valence-corrected chi connectivity index (χ3v) is 6.59. The number of amides is 2. The van der Waals surface area contributed by atoms with E-state index in [0.717, 1.165) is 22.3 Å². The van der Waals surface area contributed by atoms with Gasteiger partial charge in [0.05, 0.1) is 12.0 Å². The van der Waals surface area contributed by atoms with E-state index in [9.17, 15) is 24.6 Å². The number of aliphatic hydroxyl groups excluding tert-OH is 1. The number of carboxylic acid groups (broad SMARTS) is 1. The highest BCUT2D eigenvalue weighted by Gasteiger charge is 2.33. The predicted octanol–water partition coefficient (Wildman–Crippen LogP) is 2.85. The van der Waals surface area contributed by atoms with Crippen molar-refractivity contribution in [1.29, 1.82) is 0 Å². The van der Waals surface area contributed by atoms with Crippen molar-refractivity contribution in [1.82, 2.24) is 10.2 Å². The van der Waals surface area contributed by atoms with Crippen molar-refractivity contribution in [2.24, 2.45) is 11.8 Å². The van der Waals surface area contributed by atoms with Crippen molar-refractivity contribution in [2.45, 2.75) is 31.8 Å². The Bertz CT molecular complexity index is 1030. The Morgan fingerprint density at radius 1 is 1.06 bits per heavy atom. The molecule has 2 aromatic rings. The summed E-state index contributed by atoms with van der Waals surface area (Å²) in [6, 6.07) is 16.2. The molecule has 0 bridgehead atoms. The standard InChI is InChI=1S/C26H30N2O6/c1-16(10-24(30)28-13-17(25(31)32)11-18(29)14-28)12-27-26(33)34-15-23-21-8-4-2-6-19(21)20-7-3-5-9-22(20)23/h2-9,16-18,23,29H,10-15H2,1H3,(H,27,33)(H,31,32). The van der Waals surface area contributed by atoms with Gasteiger partial charge in [-0.2, -0.15) is 0 Å². The second kappa shape index (κ2) is 10.3. The van der Waals surface area contributed by atoms with Crippen molar-refractivity contribution >= 4 is 18.0 Å². The van der Waals surface area contributed by atoms with Crippen molar-refractivity contribution in [3.8, 4) is 11.1 Å². The first kappa shape index (κ1) is 23.8. The van der Waals surface area contributed by atoms with Crippen LogP contribution in [0.1, 0.15) is 36.8 Å². The summed E-state index contributed by atoms with van der Waals surface area (Å²) >= 11 is 0. The average molecular weight is 467 g/mol. The van der Waals surface area contributed by atoms with Crippen LogP contribution in [-0.2, 0) is 14.3 Å². The average Bonchev–Trinajstić information content (AvgIpc) is 3.14. The van der Waals surface area contributed by atoms with E-state index in [4.69, 9.17) is 4.74 Å². The van der Waals surface area contributed by atoms with Gasteiger partial charge in [0, 0.05) is 32.0 Å². The number of rotatable bonds is 7. The fraction of sp³-hybridized carbons (Fsp3) is 0.423. The third kappa shape index (κ3) is 5.22. The number of aliphatic carboxylic acids is 1. The van der Waals surface area contributed by atoms with Crippen LogP contribution in [0.5, 0.6) is 0 Å². The molecule has 3 atom stereocenters. The Kier molecular flexibility index (Phi) is 7.17. The molecule has 1 aliphatic heterocycles. The molecule has 3 N–H and O–H groups in total. The molecule has 2 aromatic carbocycles. The van der Waals surface area contributed by atoms with Gasteiger partial charge in [-0.05, 0) is 34.6 Å². The lowest BCUT2D eigenvalue weighted by atomic mass is 9.95. The maximum absolute atomic E-state index is 12.6. The summed E-state index contributed by atoms with van der Waals surface area (Å²) in [7, 11) is 0. The second-order valence-corrected chi connectivity index (χ2v) is 9.24. The Morgan fingerprint density at radius 2 is 1.68 bits per heavy atom. The van der Waals surface area contributed by atoms with Crippen LogP contribution in [0.2, 0.25) is 0 Å². The number of fused-ring (bicyclic) bond motifs is 3. The van der Waals surface area contributed by atoms with Gasteiger partial charge in [-0.25, -0.2) is 4.79 Å². The minimum Gasteiger partial charge on any atom is -0.481 e. The normalized spacial score (nSPS) is 20.2. The minimum absolute atomic E-state index is 0.0233. The van der Waals surface area contributed by atoms with Gasteiger partial charge >= 0.3 is 12.1 Å². The molecule has 2 amide bonds. The van der Waals surface area contributed by atoms with E-state index in [-0.39, 0.29) is 56.8 Å². The van der Waals surface area contributed by atoms with Crippen LogP contribution in [0.3, 0.4) is 0 Å². The highest BCUT2D eigenvalue weighted by Crippen LogP contribution is 2.44. The van der Waals surface area contributed by atoms with Gasteiger partial charge in [0.2, 0.25) is 5.91 Å². The number of β-amino-alcohol motifs (C(OH)–C–C–N with tert-alkyl or cyclic N) is 1. The van der Waals surface area contributed by atoms with E-state index in [0.29, 0.717) is 0 Å². The zero-order chi connectivity index (χ0) is 24.2. The number of hydrogen-bond donors (Lipinski definition) is 3. The molecule has 1 saturated heterocycles. The van der Waals surface area contributed by atoms with Crippen LogP contribution >= 0.6 is 0 Å². The maximum Gasteiger partial charge on any atom is 0.407 e. The Balaban J connectivity index is 1.25. The van der Waals surface area contributed by atoms with Gasteiger partial charge in [-0.1, -0.05) is 55.5 Å². The van der Waals surface area contributed by atoms with Gasteiger partial charge in [0.25, 0.3) is 0 Å². The summed E-state index contributed by atoms with van der Waals surface area (Å²) in [6.45, 7) is 2.53. The molecule has 8 heteroatoms. The number of alkyl carbamates (subject to hydrolysis) is 1. The lowest BCUT2D eigenvalue weighted by Gasteiger charge is -2.34. The number of carboxylic acids is 1. The number of nitrogens with one attached hydrogen (secondary N) is 1. The topological polar surface area (TPSA) is 116 Å². The summed E-state index contributed by atoms with van der Waals surface area (Å²) in [5, 5.41) is 21.8. The molecule has 34 heavy (non-hydrogen) atoms.